The molecule has 0 spiro atoms. The van der Waals surface area contributed by atoms with Gasteiger partial charge in [0.25, 0.3) is 0 Å². The van der Waals surface area contributed by atoms with Gasteiger partial charge in [-0.3, -0.25) is 0 Å². The van der Waals surface area contributed by atoms with Crippen LogP contribution in [-0.2, 0) is 0 Å². The second-order valence-corrected chi connectivity index (χ2v) is 3.18. The Hall–Kier alpha value is -0.690. The van der Waals surface area contributed by atoms with Crippen LogP contribution in [0.15, 0.2) is 18.2 Å². The van der Waals surface area contributed by atoms with Gasteiger partial charge in [-0.1, -0.05) is 11.6 Å². The summed E-state index contributed by atoms with van der Waals surface area (Å²) in [5, 5.41) is 3.95. The lowest BCUT2D eigenvalue weighted by atomic mass is 10.3. The maximum absolute atomic E-state index is 5.76. The zero-order valence-electron chi connectivity index (χ0n) is 6.69. The van der Waals surface area contributed by atoms with Crippen LogP contribution in [0.25, 0.3) is 0 Å². The molecule has 0 aromatic heterocycles. The monoisotopic (exact) mass is 168 g/mol. The smallest absolute Gasteiger partial charge is 0.0432 e. The van der Waals surface area contributed by atoms with Crippen LogP contribution >= 0.6 is 11.6 Å². The molecule has 0 saturated carbocycles. The van der Waals surface area contributed by atoms with Gasteiger partial charge in [0, 0.05) is 16.8 Å². The van der Waals surface area contributed by atoms with Crippen LogP contribution in [0.5, 0.6) is 0 Å². The highest BCUT2D eigenvalue weighted by Crippen LogP contribution is 2.14. The Bertz CT molecular complexity index is 233. The summed E-state index contributed by atoms with van der Waals surface area (Å²) < 4.78 is 0. The third-order valence-corrected chi connectivity index (χ3v) is 1.43. The standard InChI is InChI=1S/C9H11ClN/c1-7(2)11-9-5-3-4-8(10)6-9/h4-7,11H,1-2H3. The molecule has 1 aromatic carbocycles. The molecule has 1 nitrogen and oxygen atoms in total. The quantitative estimate of drug-likeness (QED) is 0.716. The van der Waals surface area contributed by atoms with Crippen LogP contribution in [0.3, 0.4) is 0 Å². The van der Waals surface area contributed by atoms with Gasteiger partial charge in [-0.25, -0.2) is 0 Å². The molecule has 59 valence electrons. The van der Waals surface area contributed by atoms with Crippen LogP contribution < -0.4 is 5.32 Å². The fourth-order valence-electron chi connectivity index (χ4n) is 0.860. The summed E-state index contributed by atoms with van der Waals surface area (Å²) in [7, 11) is 0. The second kappa shape index (κ2) is 3.63. The zero-order chi connectivity index (χ0) is 8.27. The predicted molar refractivity (Wildman–Crippen MR) is 49.0 cm³/mol. The van der Waals surface area contributed by atoms with Crippen LogP contribution in [0.4, 0.5) is 5.69 Å². The van der Waals surface area contributed by atoms with E-state index in [2.05, 4.69) is 25.2 Å². The normalized spacial score (nSPS) is 10.2. The van der Waals surface area contributed by atoms with Crippen molar-refractivity contribution in [3.05, 3.63) is 29.3 Å². The number of hydrogen-bond donors (Lipinski definition) is 1. The molecule has 11 heavy (non-hydrogen) atoms. The number of anilines is 1. The van der Waals surface area contributed by atoms with Crippen molar-refractivity contribution >= 4 is 17.3 Å². The molecule has 0 aliphatic rings. The van der Waals surface area contributed by atoms with E-state index in [1.165, 1.54) is 0 Å². The third kappa shape index (κ3) is 2.81. The molecule has 1 aromatic rings. The van der Waals surface area contributed by atoms with Gasteiger partial charge in [-0.05, 0) is 38.1 Å². The van der Waals surface area contributed by atoms with Crippen molar-refractivity contribution in [1.29, 1.82) is 0 Å². The second-order valence-electron chi connectivity index (χ2n) is 2.74. The van der Waals surface area contributed by atoms with Crippen molar-refractivity contribution in [3.8, 4) is 0 Å². The van der Waals surface area contributed by atoms with Crippen molar-refractivity contribution < 1.29 is 0 Å². The van der Waals surface area contributed by atoms with Gasteiger partial charge in [-0.15, -0.1) is 0 Å². The van der Waals surface area contributed by atoms with E-state index in [0.29, 0.717) is 6.04 Å². The summed E-state index contributed by atoms with van der Waals surface area (Å²) in [5.41, 5.74) is 1.02. The zero-order valence-corrected chi connectivity index (χ0v) is 7.44. The Morgan fingerprint density at radius 1 is 1.45 bits per heavy atom. The lowest BCUT2D eigenvalue weighted by Crippen LogP contribution is -2.09. The van der Waals surface area contributed by atoms with E-state index in [1.807, 2.05) is 12.1 Å². The first-order valence-corrected chi connectivity index (χ1v) is 3.99. The Balaban J connectivity index is 2.71. The Morgan fingerprint density at radius 3 is 2.73 bits per heavy atom. The molecule has 0 atom stereocenters. The minimum atomic E-state index is 0.432. The number of benzene rings is 1. The fourth-order valence-corrected chi connectivity index (χ4v) is 1.04. The molecular formula is C9H11ClN. The van der Waals surface area contributed by atoms with Crippen molar-refractivity contribution in [3.63, 3.8) is 0 Å². The largest absolute Gasteiger partial charge is 0.383 e. The van der Waals surface area contributed by atoms with Gasteiger partial charge < -0.3 is 5.32 Å². The van der Waals surface area contributed by atoms with E-state index in [-0.39, 0.29) is 0 Å². The average Bonchev–Trinajstić information content (AvgIpc) is 1.85. The Kier molecular flexibility index (Phi) is 2.77. The van der Waals surface area contributed by atoms with E-state index < -0.39 is 0 Å². The molecule has 0 saturated heterocycles. The minimum absolute atomic E-state index is 0.432. The Morgan fingerprint density at radius 2 is 2.18 bits per heavy atom. The highest BCUT2D eigenvalue weighted by atomic mass is 35.5. The summed E-state index contributed by atoms with van der Waals surface area (Å²) in [5.74, 6) is 0. The molecule has 0 aliphatic carbocycles. The van der Waals surface area contributed by atoms with Gasteiger partial charge >= 0.3 is 0 Å². The lowest BCUT2D eigenvalue weighted by molar-refractivity contribution is 0.900. The maximum atomic E-state index is 5.76. The number of hydrogen-bond acceptors (Lipinski definition) is 1. The van der Waals surface area contributed by atoms with E-state index in [0.717, 1.165) is 10.7 Å². The molecule has 0 bridgehead atoms. The van der Waals surface area contributed by atoms with Gasteiger partial charge in [0.2, 0.25) is 0 Å². The molecular weight excluding hydrogens is 158 g/mol. The van der Waals surface area contributed by atoms with Gasteiger partial charge in [0.05, 0.1) is 0 Å². The lowest BCUT2D eigenvalue weighted by Gasteiger charge is -2.08. The predicted octanol–water partition coefficient (Wildman–Crippen LogP) is 2.96. The molecule has 0 aliphatic heterocycles. The number of rotatable bonds is 2. The van der Waals surface area contributed by atoms with Crippen LogP contribution in [-0.4, -0.2) is 6.04 Å². The van der Waals surface area contributed by atoms with E-state index in [4.69, 9.17) is 11.6 Å². The Labute approximate surface area is 72.4 Å². The highest BCUT2D eigenvalue weighted by molar-refractivity contribution is 6.30. The SMILES string of the molecule is CC(C)Nc1c[c]cc(Cl)c1. The van der Waals surface area contributed by atoms with Gasteiger partial charge in [0.1, 0.15) is 0 Å². The highest BCUT2D eigenvalue weighted by Gasteiger charge is 1.94. The van der Waals surface area contributed by atoms with Crippen LogP contribution in [0.2, 0.25) is 5.02 Å². The van der Waals surface area contributed by atoms with Crippen molar-refractivity contribution in [2.45, 2.75) is 19.9 Å². The molecule has 1 radical (unpaired) electrons. The summed E-state index contributed by atoms with van der Waals surface area (Å²) in [6.07, 6.45) is 0. The van der Waals surface area contributed by atoms with Gasteiger partial charge in [-0.2, -0.15) is 0 Å². The van der Waals surface area contributed by atoms with E-state index in [1.54, 1.807) is 6.07 Å². The molecule has 2 heteroatoms. The minimum Gasteiger partial charge on any atom is -0.383 e. The summed E-state index contributed by atoms with van der Waals surface area (Å²) in [6.45, 7) is 4.17. The van der Waals surface area contributed by atoms with E-state index >= 15 is 0 Å². The summed E-state index contributed by atoms with van der Waals surface area (Å²) in [6, 6.07) is 8.88. The van der Waals surface area contributed by atoms with Crippen LogP contribution in [0.1, 0.15) is 13.8 Å². The molecule has 0 fully saturated rings. The summed E-state index contributed by atoms with van der Waals surface area (Å²) in [4.78, 5) is 0. The number of halogens is 1. The topological polar surface area (TPSA) is 12.0 Å². The van der Waals surface area contributed by atoms with Crippen molar-refractivity contribution in [2.24, 2.45) is 0 Å². The average molecular weight is 169 g/mol. The molecule has 1 rings (SSSR count). The first kappa shape index (κ1) is 8.41. The molecule has 0 heterocycles. The van der Waals surface area contributed by atoms with Crippen molar-refractivity contribution in [2.75, 3.05) is 5.32 Å². The third-order valence-electron chi connectivity index (χ3n) is 1.21. The maximum Gasteiger partial charge on any atom is 0.0432 e. The molecule has 0 unspecified atom stereocenters. The fraction of sp³-hybridized carbons (Fsp3) is 0.333. The summed E-state index contributed by atoms with van der Waals surface area (Å²) >= 11 is 5.76. The van der Waals surface area contributed by atoms with Gasteiger partial charge in [0.15, 0.2) is 0 Å². The van der Waals surface area contributed by atoms with Crippen LogP contribution in [0, 0.1) is 6.07 Å². The van der Waals surface area contributed by atoms with E-state index in [9.17, 15) is 0 Å². The van der Waals surface area contributed by atoms with Crippen molar-refractivity contribution in [1.82, 2.24) is 0 Å². The first-order valence-electron chi connectivity index (χ1n) is 3.61. The number of nitrogens with one attached hydrogen (secondary N) is 1. The molecule has 1 N–H and O–H groups in total. The molecule has 0 amide bonds. The first-order chi connectivity index (χ1) is 5.18.